The molecule has 0 saturated heterocycles. The predicted octanol–water partition coefficient (Wildman–Crippen LogP) is 1.91. The van der Waals surface area contributed by atoms with Gasteiger partial charge in [-0.2, -0.15) is 0 Å². The van der Waals surface area contributed by atoms with E-state index in [4.69, 9.17) is 5.11 Å². The van der Waals surface area contributed by atoms with E-state index in [1.807, 2.05) is 26.8 Å². The number of carbonyl (C=O) groups is 1. The molecule has 1 aromatic rings. The normalized spacial score (nSPS) is 13.4. The van der Waals surface area contributed by atoms with Gasteiger partial charge in [0.15, 0.2) is 0 Å². The fourth-order valence-electron chi connectivity index (χ4n) is 1.95. The fraction of sp³-hybridized carbons (Fsp3) is 0.500. The number of benzene rings is 1. The van der Waals surface area contributed by atoms with Crippen molar-refractivity contribution in [1.82, 2.24) is 4.72 Å². The molecule has 0 aliphatic rings. The van der Waals surface area contributed by atoms with Crippen molar-refractivity contribution in [3.63, 3.8) is 0 Å². The summed E-state index contributed by atoms with van der Waals surface area (Å²) in [5.41, 5.74) is 1.61. The maximum Gasteiger partial charge on any atom is 0.321 e. The molecule has 112 valence electrons. The van der Waals surface area contributed by atoms with Crippen LogP contribution in [0.25, 0.3) is 0 Å². The molecule has 5 nitrogen and oxygen atoms in total. The minimum Gasteiger partial charge on any atom is -0.480 e. The van der Waals surface area contributed by atoms with E-state index in [2.05, 4.69) is 4.72 Å². The molecule has 0 heterocycles. The second kappa shape index (κ2) is 6.85. The molecule has 2 N–H and O–H groups in total. The lowest BCUT2D eigenvalue weighted by atomic mass is 10.1. The Morgan fingerprint density at radius 1 is 1.35 bits per heavy atom. The second-order valence-electron chi connectivity index (χ2n) is 5.39. The molecule has 0 amide bonds. The molecule has 0 aliphatic heterocycles. The van der Waals surface area contributed by atoms with Crippen molar-refractivity contribution < 1.29 is 18.3 Å². The Balaban J connectivity index is 2.80. The molecule has 0 radical (unpaired) electrons. The number of hydrogen-bond donors (Lipinski definition) is 2. The van der Waals surface area contributed by atoms with Crippen LogP contribution >= 0.6 is 0 Å². The summed E-state index contributed by atoms with van der Waals surface area (Å²) in [4.78, 5) is 11.1. The highest BCUT2D eigenvalue weighted by atomic mass is 32.2. The summed E-state index contributed by atoms with van der Waals surface area (Å²) >= 11 is 0. The molecule has 1 rings (SSSR count). The van der Waals surface area contributed by atoms with Crippen LogP contribution < -0.4 is 4.72 Å². The highest BCUT2D eigenvalue weighted by Crippen LogP contribution is 2.11. The Morgan fingerprint density at radius 2 is 2.00 bits per heavy atom. The topological polar surface area (TPSA) is 83.5 Å². The van der Waals surface area contributed by atoms with Gasteiger partial charge in [-0.1, -0.05) is 43.7 Å². The first-order valence-electron chi connectivity index (χ1n) is 6.48. The van der Waals surface area contributed by atoms with Gasteiger partial charge in [-0.3, -0.25) is 4.79 Å². The van der Waals surface area contributed by atoms with Gasteiger partial charge in [0.25, 0.3) is 0 Å². The van der Waals surface area contributed by atoms with Crippen LogP contribution in [0.15, 0.2) is 24.3 Å². The zero-order valence-corrected chi connectivity index (χ0v) is 12.8. The number of rotatable bonds is 7. The summed E-state index contributed by atoms with van der Waals surface area (Å²) in [7, 11) is -3.67. The van der Waals surface area contributed by atoms with E-state index in [1.165, 1.54) is 0 Å². The van der Waals surface area contributed by atoms with Gasteiger partial charge >= 0.3 is 5.97 Å². The van der Waals surface area contributed by atoms with Crippen molar-refractivity contribution in [2.24, 2.45) is 5.92 Å². The molecule has 1 atom stereocenters. The van der Waals surface area contributed by atoms with Gasteiger partial charge in [0.05, 0.1) is 5.75 Å². The van der Waals surface area contributed by atoms with E-state index in [0.29, 0.717) is 5.56 Å². The Bertz CT molecular complexity index is 566. The number of nitrogens with one attached hydrogen (secondary N) is 1. The molecule has 1 aromatic carbocycles. The van der Waals surface area contributed by atoms with E-state index in [0.717, 1.165) is 5.56 Å². The first kappa shape index (κ1) is 16.7. The third kappa shape index (κ3) is 5.71. The van der Waals surface area contributed by atoms with E-state index < -0.39 is 22.0 Å². The standard InChI is InChI=1S/C14H21NO4S/c1-10(2)7-13(14(16)17)15-20(18,19)9-12-6-4-5-11(3)8-12/h4-6,8,10,13,15H,7,9H2,1-3H3,(H,16,17). The van der Waals surface area contributed by atoms with Crippen LogP contribution in [0.3, 0.4) is 0 Å². The molecule has 6 heteroatoms. The van der Waals surface area contributed by atoms with Crippen LogP contribution in [0, 0.1) is 12.8 Å². The van der Waals surface area contributed by atoms with Crippen LogP contribution in [0.2, 0.25) is 0 Å². The number of aliphatic carboxylic acids is 1. The summed E-state index contributed by atoms with van der Waals surface area (Å²) in [6.07, 6.45) is 0.266. The van der Waals surface area contributed by atoms with Crippen molar-refractivity contribution in [2.75, 3.05) is 0 Å². The Kier molecular flexibility index (Phi) is 5.71. The van der Waals surface area contributed by atoms with Gasteiger partial charge in [0.2, 0.25) is 10.0 Å². The van der Waals surface area contributed by atoms with Crippen LogP contribution in [-0.2, 0) is 20.6 Å². The number of carboxylic acids is 1. The SMILES string of the molecule is Cc1cccc(CS(=O)(=O)NC(CC(C)C)C(=O)O)c1. The van der Waals surface area contributed by atoms with Gasteiger partial charge < -0.3 is 5.11 Å². The van der Waals surface area contributed by atoms with Gasteiger partial charge in [-0.05, 0) is 24.8 Å². The van der Waals surface area contributed by atoms with Crippen LogP contribution in [0.1, 0.15) is 31.4 Å². The van der Waals surface area contributed by atoms with E-state index in [1.54, 1.807) is 18.2 Å². The minimum absolute atomic E-state index is 0.0952. The molecule has 0 spiro atoms. The van der Waals surface area contributed by atoms with Crippen LogP contribution in [0.5, 0.6) is 0 Å². The highest BCUT2D eigenvalue weighted by molar-refractivity contribution is 7.88. The third-order valence-corrected chi connectivity index (χ3v) is 4.12. The Labute approximate surface area is 120 Å². The van der Waals surface area contributed by atoms with Gasteiger partial charge in [0, 0.05) is 0 Å². The molecule has 0 saturated carbocycles. The largest absolute Gasteiger partial charge is 0.480 e. The lowest BCUT2D eigenvalue weighted by molar-refractivity contribution is -0.139. The zero-order chi connectivity index (χ0) is 15.3. The molecule has 20 heavy (non-hydrogen) atoms. The lowest BCUT2D eigenvalue weighted by Crippen LogP contribution is -2.42. The third-order valence-electron chi connectivity index (χ3n) is 2.77. The molecule has 0 aromatic heterocycles. The zero-order valence-electron chi connectivity index (χ0n) is 12.0. The van der Waals surface area contributed by atoms with Crippen LogP contribution in [0.4, 0.5) is 0 Å². The summed E-state index contributed by atoms with van der Waals surface area (Å²) in [5, 5.41) is 9.07. The van der Waals surface area contributed by atoms with Crippen molar-refractivity contribution >= 4 is 16.0 Å². The van der Waals surface area contributed by atoms with Crippen molar-refractivity contribution in [2.45, 2.75) is 39.0 Å². The first-order valence-corrected chi connectivity index (χ1v) is 8.13. The number of sulfonamides is 1. The van der Waals surface area contributed by atoms with Crippen LogP contribution in [-0.4, -0.2) is 25.5 Å². The quantitative estimate of drug-likeness (QED) is 0.805. The maximum absolute atomic E-state index is 12.0. The average molecular weight is 299 g/mol. The molecule has 0 fully saturated rings. The number of hydrogen-bond acceptors (Lipinski definition) is 3. The molecular weight excluding hydrogens is 278 g/mol. The fourth-order valence-corrected chi connectivity index (χ4v) is 3.28. The molecular formula is C14H21NO4S. The lowest BCUT2D eigenvalue weighted by Gasteiger charge is -2.16. The molecule has 0 aliphatic carbocycles. The van der Waals surface area contributed by atoms with Crippen molar-refractivity contribution in [1.29, 1.82) is 0 Å². The maximum atomic E-state index is 12.0. The monoisotopic (exact) mass is 299 g/mol. The summed E-state index contributed by atoms with van der Waals surface area (Å²) in [6.45, 7) is 5.58. The van der Waals surface area contributed by atoms with E-state index >= 15 is 0 Å². The average Bonchev–Trinajstić information content (AvgIpc) is 2.26. The predicted molar refractivity (Wildman–Crippen MR) is 77.8 cm³/mol. The number of aryl methyl sites for hydroxylation is 1. The van der Waals surface area contributed by atoms with Gasteiger partial charge in [0.1, 0.15) is 6.04 Å². The first-order chi connectivity index (χ1) is 9.19. The number of carboxylic acid groups (broad SMARTS) is 1. The minimum atomic E-state index is -3.67. The second-order valence-corrected chi connectivity index (χ2v) is 7.14. The van der Waals surface area contributed by atoms with Gasteiger partial charge in [-0.15, -0.1) is 0 Å². The molecule has 0 bridgehead atoms. The molecule has 1 unspecified atom stereocenters. The van der Waals surface area contributed by atoms with E-state index in [9.17, 15) is 13.2 Å². The highest BCUT2D eigenvalue weighted by Gasteiger charge is 2.24. The summed E-state index contributed by atoms with van der Waals surface area (Å²) in [6, 6.07) is 6.07. The Morgan fingerprint density at radius 3 is 2.50 bits per heavy atom. The van der Waals surface area contributed by atoms with Gasteiger partial charge in [-0.25, -0.2) is 13.1 Å². The Hall–Kier alpha value is -1.40. The van der Waals surface area contributed by atoms with Crippen molar-refractivity contribution in [3.8, 4) is 0 Å². The summed E-state index contributed by atoms with van der Waals surface area (Å²) in [5.74, 6) is -1.26. The summed E-state index contributed by atoms with van der Waals surface area (Å²) < 4.78 is 26.3. The van der Waals surface area contributed by atoms with Crippen molar-refractivity contribution in [3.05, 3.63) is 35.4 Å². The smallest absolute Gasteiger partial charge is 0.321 e. The van der Waals surface area contributed by atoms with E-state index in [-0.39, 0.29) is 18.1 Å².